The van der Waals surface area contributed by atoms with Crippen molar-refractivity contribution in [1.82, 2.24) is 16.0 Å². The Kier molecular flexibility index (Phi) is 7.86. The van der Waals surface area contributed by atoms with Gasteiger partial charge in [-0.2, -0.15) is 0 Å². The molecule has 0 heterocycles. The van der Waals surface area contributed by atoms with Crippen LogP contribution in [0.4, 0.5) is 0 Å². The van der Waals surface area contributed by atoms with Crippen LogP contribution in [-0.4, -0.2) is 37.5 Å². The van der Waals surface area contributed by atoms with Gasteiger partial charge in [0.05, 0.1) is 6.54 Å². The third-order valence-electron chi connectivity index (χ3n) is 4.21. The molecule has 5 nitrogen and oxygen atoms in total. The Balaban J connectivity index is 2.45. The molecule has 0 aromatic heterocycles. The second kappa shape index (κ2) is 9.14. The molecule has 2 atom stereocenters. The zero-order valence-corrected chi connectivity index (χ0v) is 15.8. The number of carbonyl (C=O) groups is 1. The summed E-state index contributed by atoms with van der Waals surface area (Å²) in [5, 5.41) is 9.80. The van der Waals surface area contributed by atoms with Crippen LogP contribution in [0.5, 0.6) is 0 Å². The van der Waals surface area contributed by atoms with E-state index < -0.39 is 0 Å². The number of rotatable bonds is 5. The molecule has 2 unspecified atom stereocenters. The van der Waals surface area contributed by atoms with Gasteiger partial charge < -0.3 is 16.0 Å². The van der Waals surface area contributed by atoms with Crippen LogP contribution < -0.4 is 16.0 Å². The van der Waals surface area contributed by atoms with E-state index in [4.69, 9.17) is 0 Å². The lowest BCUT2D eigenvalue weighted by Crippen LogP contribution is -2.46. The average Bonchev–Trinajstić information content (AvgIpc) is 2.41. The summed E-state index contributed by atoms with van der Waals surface area (Å²) in [5.74, 6) is 2.47. The molecule has 0 spiro atoms. The van der Waals surface area contributed by atoms with Gasteiger partial charge in [0.1, 0.15) is 0 Å². The maximum atomic E-state index is 11.8. The highest BCUT2D eigenvalue weighted by Crippen LogP contribution is 2.28. The van der Waals surface area contributed by atoms with E-state index in [1.54, 1.807) is 0 Å². The van der Waals surface area contributed by atoms with Crippen molar-refractivity contribution in [3.63, 3.8) is 0 Å². The summed E-state index contributed by atoms with van der Waals surface area (Å²) in [6, 6.07) is 0.496. The van der Waals surface area contributed by atoms with Crippen LogP contribution in [0.15, 0.2) is 4.99 Å². The highest BCUT2D eigenvalue weighted by atomic mass is 16.2. The van der Waals surface area contributed by atoms with E-state index in [2.05, 4.69) is 41.7 Å². The Labute approximate surface area is 142 Å². The Hall–Kier alpha value is -1.26. The first-order chi connectivity index (χ1) is 10.7. The molecule has 0 saturated heterocycles. The van der Waals surface area contributed by atoms with Crippen molar-refractivity contribution < 1.29 is 4.79 Å². The van der Waals surface area contributed by atoms with Crippen molar-refractivity contribution in [3.8, 4) is 0 Å². The SMILES string of the molecule is CCNC(=NCCNC(=O)C(C)(C)C)NC1CC(C)CC(C)C1. The normalized spacial score (nSPS) is 25.8. The minimum atomic E-state index is -0.346. The summed E-state index contributed by atoms with van der Waals surface area (Å²) < 4.78 is 0. The first kappa shape index (κ1) is 19.8. The van der Waals surface area contributed by atoms with Gasteiger partial charge in [-0.25, -0.2) is 0 Å². The van der Waals surface area contributed by atoms with Gasteiger partial charge in [-0.1, -0.05) is 34.6 Å². The summed E-state index contributed by atoms with van der Waals surface area (Å²) >= 11 is 0. The Morgan fingerprint density at radius 3 is 2.22 bits per heavy atom. The number of guanidine groups is 1. The van der Waals surface area contributed by atoms with Crippen molar-refractivity contribution >= 4 is 11.9 Å². The molecule has 0 aliphatic heterocycles. The molecule has 1 aliphatic carbocycles. The summed E-state index contributed by atoms with van der Waals surface area (Å²) in [4.78, 5) is 16.4. The van der Waals surface area contributed by atoms with Gasteiger partial charge >= 0.3 is 0 Å². The molecule has 1 amide bonds. The number of aliphatic imine (C=N–C) groups is 1. The first-order valence-electron chi connectivity index (χ1n) is 9.05. The van der Waals surface area contributed by atoms with Crippen molar-refractivity contribution in [3.05, 3.63) is 0 Å². The molecule has 0 aromatic rings. The fourth-order valence-electron chi connectivity index (χ4n) is 3.18. The standard InChI is InChI=1S/C18H36N4O/c1-7-19-17(21-9-8-20-16(23)18(4,5)6)22-15-11-13(2)10-14(3)12-15/h13-15H,7-12H2,1-6H3,(H,20,23)(H2,19,21,22). The van der Waals surface area contributed by atoms with E-state index in [0.29, 0.717) is 19.1 Å². The third-order valence-corrected chi connectivity index (χ3v) is 4.21. The highest BCUT2D eigenvalue weighted by molar-refractivity contribution is 5.81. The lowest BCUT2D eigenvalue weighted by atomic mass is 9.80. The number of amides is 1. The third kappa shape index (κ3) is 7.71. The van der Waals surface area contributed by atoms with E-state index in [1.807, 2.05) is 20.8 Å². The van der Waals surface area contributed by atoms with E-state index in [0.717, 1.165) is 24.3 Å². The monoisotopic (exact) mass is 324 g/mol. The number of hydrogen-bond donors (Lipinski definition) is 3. The first-order valence-corrected chi connectivity index (χ1v) is 9.05. The van der Waals surface area contributed by atoms with Crippen LogP contribution in [0.1, 0.15) is 60.8 Å². The van der Waals surface area contributed by atoms with Gasteiger partial charge in [0, 0.05) is 24.5 Å². The Morgan fingerprint density at radius 2 is 1.70 bits per heavy atom. The second-order valence-corrected chi connectivity index (χ2v) is 8.03. The zero-order valence-electron chi connectivity index (χ0n) is 15.8. The summed E-state index contributed by atoms with van der Waals surface area (Å²) in [6.07, 6.45) is 3.73. The van der Waals surface area contributed by atoms with Crippen molar-refractivity contribution in [2.45, 2.75) is 66.8 Å². The van der Waals surface area contributed by atoms with Gasteiger partial charge in [-0.15, -0.1) is 0 Å². The molecular formula is C18H36N4O. The lowest BCUT2D eigenvalue weighted by molar-refractivity contribution is -0.128. The quantitative estimate of drug-likeness (QED) is 0.414. The molecule has 1 aliphatic rings. The molecule has 1 saturated carbocycles. The zero-order chi connectivity index (χ0) is 17.5. The van der Waals surface area contributed by atoms with E-state index in [1.165, 1.54) is 19.3 Å². The predicted octanol–water partition coefficient (Wildman–Crippen LogP) is 2.53. The van der Waals surface area contributed by atoms with Crippen LogP contribution in [0.2, 0.25) is 0 Å². The van der Waals surface area contributed by atoms with E-state index in [-0.39, 0.29) is 11.3 Å². The number of nitrogens with one attached hydrogen (secondary N) is 3. The molecular weight excluding hydrogens is 288 g/mol. The minimum absolute atomic E-state index is 0.0700. The molecule has 5 heteroatoms. The van der Waals surface area contributed by atoms with Crippen molar-refractivity contribution in [2.24, 2.45) is 22.2 Å². The molecule has 0 bridgehead atoms. The van der Waals surface area contributed by atoms with Gasteiger partial charge in [0.15, 0.2) is 5.96 Å². The molecule has 23 heavy (non-hydrogen) atoms. The molecule has 3 N–H and O–H groups in total. The fourth-order valence-corrected chi connectivity index (χ4v) is 3.18. The predicted molar refractivity (Wildman–Crippen MR) is 97.5 cm³/mol. The highest BCUT2D eigenvalue weighted by Gasteiger charge is 2.24. The number of hydrogen-bond acceptors (Lipinski definition) is 2. The van der Waals surface area contributed by atoms with Crippen LogP contribution in [-0.2, 0) is 4.79 Å². The van der Waals surface area contributed by atoms with Gasteiger partial charge in [-0.3, -0.25) is 9.79 Å². The van der Waals surface area contributed by atoms with E-state index >= 15 is 0 Å². The van der Waals surface area contributed by atoms with Crippen LogP contribution in [0.3, 0.4) is 0 Å². The van der Waals surface area contributed by atoms with Crippen molar-refractivity contribution in [1.29, 1.82) is 0 Å². The minimum Gasteiger partial charge on any atom is -0.357 e. The van der Waals surface area contributed by atoms with Crippen molar-refractivity contribution in [2.75, 3.05) is 19.6 Å². The molecule has 0 aromatic carbocycles. The second-order valence-electron chi connectivity index (χ2n) is 8.03. The summed E-state index contributed by atoms with van der Waals surface area (Å²) in [6.45, 7) is 14.5. The molecule has 1 rings (SSSR count). The van der Waals surface area contributed by atoms with Gasteiger partial charge in [0.25, 0.3) is 0 Å². The van der Waals surface area contributed by atoms with Crippen LogP contribution in [0.25, 0.3) is 0 Å². The summed E-state index contributed by atoms with van der Waals surface area (Å²) in [7, 11) is 0. The number of carbonyl (C=O) groups excluding carboxylic acids is 1. The fraction of sp³-hybridized carbons (Fsp3) is 0.889. The maximum Gasteiger partial charge on any atom is 0.225 e. The van der Waals surface area contributed by atoms with Gasteiger partial charge in [0.2, 0.25) is 5.91 Å². The lowest BCUT2D eigenvalue weighted by Gasteiger charge is -2.32. The average molecular weight is 325 g/mol. The Bertz CT molecular complexity index is 390. The topological polar surface area (TPSA) is 65.5 Å². The number of nitrogens with zero attached hydrogens (tertiary/aromatic N) is 1. The Morgan fingerprint density at radius 1 is 1.09 bits per heavy atom. The summed E-state index contributed by atoms with van der Waals surface area (Å²) in [5.41, 5.74) is -0.346. The van der Waals surface area contributed by atoms with E-state index in [9.17, 15) is 4.79 Å². The maximum absolute atomic E-state index is 11.8. The molecule has 1 fully saturated rings. The van der Waals surface area contributed by atoms with Crippen LogP contribution in [0, 0.1) is 17.3 Å². The smallest absolute Gasteiger partial charge is 0.225 e. The largest absolute Gasteiger partial charge is 0.357 e. The van der Waals surface area contributed by atoms with Crippen LogP contribution >= 0.6 is 0 Å². The van der Waals surface area contributed by atoms with Gasteiger partial charge in [-0.05, 0) is 38.0 Å². The molecule has 0 radical (unpaired) electrons. The molecule has 134 valence electrons.